The van der Waals surface area contributed by atoms with Crippen LogP contribution in [0.4, 0.5) is 0 Å². The largest absolute Gasteiger partial charge is 0.394 e. The molecular weight excluding hydrogens is 192 g/mol. The van der Waals surface area contributed by atoms with Gasteiger partial charge in [0, 0.05) is 0 Å². The zero-order valence-corrected chi connectivity index (χ0v) is 7.45. The fraction of sp³-hybridized carbons (Fsp3) is 0.625. The number of carbonyl (C=O) groups excluding carboxylic acids is 1. The van der Waals surface area contributed by atoms with Crippen LogP contribution in [0.2, 0.25) is 0 Å². The Morgan fingerprint density at radius 1 is 1.21 bits per heavy atom. The second-order valence-electron chi connectivity index (χ2n) is 2.78. The van der Waals surface area contributed by atoms with Gasteiger partial charge in [0.25, 0.3) is 0 Å². The van der Waals surface area contributed by atoms with Gasteiger partial charge in [-0.05, 0) is 6.08 Å². The third kappa shape index (κ3) is 3.17. The molecule has 0 aromatic heterocycles. The number of hydrogen-bond acceptors (Lipinski definition) is 6. The topological polar surface area (TPSA) is 118 Å². The van der Waals surface area contributed by atoms with Gasteiger partial charge in [0.15, 0.2) is 5.78 Å². The number of hydrogen-bond donors (Lipinski definition) is 5. The highest BCUT2D eigenvalue weighted by atomic mass is 16.4. The highest BCUT2D eigenvalue weighted by Crippen LogP contribution is 2.06. The fourth-order valence-corrected chi connectivity index (χ4v) is 0.811. The predicted octanol–water partition coefficient (Wildman–Crippen LogP) is -2.82. The van der Waals surface area contributed by atoms with E-state index in [4.69, 9.17) is 25.5 Å². The first-order valence-corrected chi connectivity index (χ1v) is 3.95. The van der Waals surface area contributed by atoms with Crippen molar-refractivity contribution in [2.45, 2.75) is 24.4 Å². The zero-order valence-electron chi connectivity index (χ0n) is 7.45. The summed E-state index contributed by atoms with van der Waals surface area (Å²) in [4.78, 5) is 10.8. The summed E-state index contributed by atoms with van der Waals surface area (Å²) >= 11 is 0. The van der Waals surface area contributed by atoms with Crippen LogP contribution in [0.5, 0.6) is 0 Å². The van der Waals surface area contributed by atoms with Gasteiger partial charge in [-0.1, -0.05) is 6.58 Å². The van der Waals surface area contributed by atoms with Gasteiger partial charge in [-0.15, -0.1) is 0 Å². The molecule has 0 saturated carbocycles. The lowest BCUT2D eigenvalue weighted by Gasteiger charge is -2.23. The summed E-state index contributed by atoms with van der Waals surface area (Å²) in [6.45, 7) is 2.29. The minimum atomic E-state index is -1.86. The highest BCUT2D eigenvalue weighted by molar-refractivity contribution is 5.93. The molecule has 4 atom stereocenters. The number of aliphatic hydroxyl groups excluding tert-OH is 5. The fourth-order valence-electron chi connectivity index (χ4n) is 0.811. The molecule has 0 heterocycles. The third-order valence-electron chi connectivity index (χ3n) is 1.75. The van der Waals surface area contributed by atoms with Gasteiger partial charge >= 0.3 is 0 Å². The Morgan fingerprint density at radius 2 is 1.71 bits per heavy atom. The van der Waals surface area contributed by atoms with E-state index in [1.54, 1.807) is 0 Å². The molecule has 5 N–H and O–H groups in total. The predicted molar refractivity (Wildman–Crippen MR) is 46.3 cm³/mol. The highest BCUT2D eigenvalue weighted by Gasteiger charge is 2.32. The molecule has 14 heavy (non-hydrogen) atoms. The average molecular weight is 206 g/mol. The number of aliphatic hydroxyl groups is 5. The standard InChI is InChI=1S/C8H14O6/c1-2-4(10)6(12)8(14)7(13)5(11)3-9/h2,5-9,11-14H,1,3H2. The molecule has 0 fully saturated rings. The van der Waals surface area contributed by atoms with Crippen LogP contribution >= 0.6 is 0 Å². The van der Waals surface area contributed by atoms with Crippen molar-refractivity contribution in [2.75, 3.05) is 6.61 Å². The lowest BCUT2D eigenvalue weighted by atomic mass is 10.0. The van der Waals surface area contributed by atoms with Crippen molar-refractivity contribution in [1.82, 2.24) is 0 Å². The smallest absolute Gasteiger partial charge is 0.186 e. The van der Waals surface area contributed by atoms with Crippen molar-refractivity contribution in [2.24, 2.45) is 0 Å². The van der Waals surface area contributed by atoms with Crippen molar-refractivity contribution in [3.63, 3.8) is 0 Å². The molecule has 0 spiro atoms. The molecule has 0 aromatic carbocycles. The summed E-state index contributed by atoms with van der Waals surface area (Å²) in [5.74, 6) is -0.873. The van der Waals surface area contributed by atoms with Gasteiger partial charge in [-0.25, -0.2) is 0 Å². The lowest BCUT2D eigenvalue weighted by Crippen LogP contribution is -2.48. The molecular formula is C8H14O6. The molecule has 0 aliphatic heterocycles. The Balaban J connectivity index is 4.37. The Bertz CT molecular complexity index is 204. The Kier molecular flexibility index (Phi) is 5.51. The van der Waals surface area contributed by atoms with Crippen molar-refractivity contribution in [3.8, 4) is 0 Å². The van der Waals surface area contributed by atoms with Crippen molar-refractivity contribution in [1.29, 1.82) is 0 Å². The van der Waals surface area contributed by atoms with Crippen LogP contribution in [0.25, 0.3) is 0 Å². The van der Waals surface area contributed by atoms with Gasteiger partial charge in [0.1, 0.15) is 24.4 Å². The Hall–Kier alpha value is -0.790. The number of carbonyl (C=O) groups is 1. The van der Waals surface area contributed by atoms with Crippen LogP contribution in [0.3, 0.4) is 0 Å². The van der Waals surface area contributed by atoms with Crippen LogP contribution in [0.15, 0.2) is 12.7 Å². The monoisotopic (exact) mass is 206 g/mol. The summed E-state index contributed by atoms with van der Waals surface area (Å²) in [5.41, 5.74) is 0. The molecule has 6 heteroatoms. The van der Waals surface area contributed by atoms with Crippen molar-refractivity contribution in [3.05, 3.63) is 12.7 Å². The minimum absolute atomic E-state index is 0.784. The zero-order chi connectivity index (χ0) is 11.3. The van der Waals surface area contributed by atoms with Crippen molar-refractivity contribution >= 4 is 5.78 Å². The molecule has 0 bridgehead atoms. The molecule has 0 amide bonds. The molecule has 0 aliphatic carbocycles. The summed E-state index contributed by atoms with van der Waals surface area (Å²) in [7, 11) is 0. The van der Waals surface area contributed by atoms with Gasteiger partial charge < -0.3 is 25.5 Å². The normalized spacial score (nSPS) is 19.5. The van der Waals surface area contributed by atoms with E-state index >= 15 is 0 Å². The lowest BCUT2D eigenvalue weighted by molar-refractivity contribution is -0.142. The molecule has 0 radical (unpaired) electrons. The van der Waals surface area contributed by atoms with Crippen LogP contribution in [-0.2, 0) is 4.79 Å². The summed E-state index contributed by atoms with van der Waals surface area (Å²) in [5, 5.41) is 44.6. The van der Waals surface area contributed by atoms with E-state index in [9.17, 15) is 4.79 Å². The molecule has 6 nitrogen and oxygen atoms in total. The molecule has 0 saturated heterocycles. The second kappa shape index (κ2) is 5.84. The number of ketones is 1. The van der Waals surface area contributed by atoms with Crippen LogP contribution in [0, 0.1) is 0 Å². The third-order valence-corrected chi connectivity index (χ3v) is 1.75. The van der Waals surface area contributed by atoms with Crippen LogP contribution in [-0.4, -0.2) is 62.3 Å². The van der Waals surface area contributed by atoms with Gasteiger partial charge in [-0.3, -0.25) is 4.79 Å². The Morgan fingerprint density at radius 3 is 2.07 bits per heavy atom. The summed E-state index contributed by atoms with van der Waals surface area (Å²) in [6, 6.07) is 0. The van der Waals surface area contributed by atoms with Crippen LogP contribution < -0.4 is 0 Å². The second-order valence-corrected chi connectivity index (χ2v) is 2.78. The first kappa shape index (κ1) is 13.2. The van der Waals surface area contributed by atoms with Gasteiger partial charge in [0.05, 0.1) is 6.61 Å². The molecule has 0 rings (SSSR count). The molecule has 4 unspecified atom stereocenters. The van der Waals surface area contributed by atoms with E-state index in [1.165, 1.54) is 0 Å². The van der Waals surface area contributed by atoms with Crippen molar-refractivity contribution < 1.29 is 30.3 Å². The Labute approximate surface area is 80.7 Å². The SMILES string of the molecule is C=CC(=O)C(O)C(O)C(O)C(O)CO. The maximum absolute atomic E-state index is 10.8. The van der Waals surface area contributed by atoms with E-state index in [1.807, 2.05) is 0 Å². The van der Waals surface area contributed by atoms with E-state index in [0.29, 0.717) is 0 Å². The van der Waals surface area contributed by atoms with E-state index in [0.717, 1.165) is 6.08 Å². The first-order chi connectivity index (χ1) is 6.45. The van der Waals surface area contributed by atoms with Crippen LogP contribution in [0.1, 0.15) is 0 Å². The minimum Gasteiger partial charge on any atom is -0.394 e. The van der Waals surface area contributed by atoms with Gasteiger partial charge in [0.2, 0.25) is 0 Å². The maximum Gasteiger partial charge on any atom is 0.186 e. The van der Waals surface area contributed by atoms with E-state index < -0.39 is 36.8 Å². The summed E-state index contributed by atoms with van der Waals surface area (Å²) in [6.07, 6.45) is -6.34. The maximum atomic E-state index is 10.8. The molecule has 0 aromatic rings. The van der Waals surface area contributed by atoms with E-state index in [2.05, 4.69) is 6.58 Å². The van der Waals surface area contributed by atoms with E-state index in [-0.39, 0.29) is 0 Å². The average Bonchev–Trinajstić information content (AvgIpc) is 2.23. The molecule has 82 valence electrons. The molecule has 0 aliphatic rings. The summed E-state index contributed by atoms with van der Waals surface area (Å²) < 4.78 is 0. The quantitative estimate of drug-likeness (QED) is 0.299. The number of rotatable bonds is 6. The van der Waals surface area contributed by atoms with Gasteiger partial charge in [-0.2, -0.15) is 0 Å². The first-order valence-electron chi connectivity index (χ1n) is 3.95.